The van der Waals surface area contributed by atoms with Crippen molar-refractivity contribution in [3.8, 4) is 6.07 Å². The maximum atomic E-state index is 11.7. The van der Waals surface area contributed by atoms with E-state index in [2.05, 4.69) is 4.99 Å². The number of carbonyl (C=O) groups is 1. The summed E-state index contributed by atoms with van der Waals surface area (Å²) in [4.78, 5) is 17.2. The SMILES string of the molecule is CCOC(=O)[C@H](C#N)C=N[C@@H](c1ccccc1)c1cccs1. The summed E-state index contributed by atoms with van der Waals surface area (Å²) in [6.45, 7) is 1.96. The van der Waals surface area contributed by atoms with Gasteiger partial charge in [0.15, 0.2) is 5.92 Å². The average molecular weight is 312 g/mol. The molecule has 0 saturated carbocycles. The molecule has 0 aliphatic carbocycles. The normalized spacial score (nSPS) is 13.5. The Morgan fingerprint density at radius 3 is 2.73 bits per heavy atom. The van der Waals surface area contributed by atoms with Gasteiger partial charge in [-0.3, -0.25) is 9.79 Å². The molecule has 0 saturated heterocycles. The Bertz CT molecular complexity index is 660. The number of benzene rings is 1. The second kappa shape index (κ2) is 8.11. The third-order valence-corrected chi connectivity index (χ3v) is 3.92. The van der Waals surface area contributed by atoms with Crippen molar-refractivity contribution in [2.45, 2.75) is 13.0 Å². The van der Waals surface area contributed by atoms with Crippen LogP contribution in [0.5, 0.6) is 0 Å². The summed E-state index contributed by atoms with van der Waals surface area (Å²) >= 11 is 1.59. The van der Waals surface area contributed by atoms with E-state index in [1.165, 1.54) is 6.21 Å². The first-order valence-electron chi connectivity index (χ1n) is 6.94. The van der Waals surface area contributed by atoms with Crippen molar-refractivity contribution in [2.24, 2.45) is 10.9 Å². The number of nitriles is 1. The predicted molar refractivity (Wildman–Crippen MR) is 86.8 cm³/mol. The molecule has 0 aliphatic heterocycles. The molecule has 0 spiro atoms. The lowest BCUT2D eigenvalue weighted by Gasteiger charge is -2.11. The highest BCUT2D eigenvalue weighted by atomic mass is 32.1. The molecule has 2 rings (SSSR count). The van der Waals surface area contributed by atoms with Crippen molar-refractivity contribution in [3.63, 3.8) is 0 Å². The van der Waals surface area contributed by atoms with Crippen LogP contribution in [-0.4, -0.2) is 18.8 Å². The molecule has 0 radical (unpaired) electrons. The first-order chi connectivity index (χ1) is 10.8. The number of nitrogens with zero attached hydrogens (tertiary/aromatic N) is 2. The third kappa shape index (κ3) is 4.03. The first kappa shape index (κ1) is 15.9. The van der Waals surface area contributed by atoms with Gasteiger partial charge in [0.1, 0.15) is 6.04 Å². The fourth-order valence-corrected chi connectivity index (χ4v) is 2.75. The molecule has 0 amide bonds. The van der Waals surface area contributed by atoms with E-state index in [1.54, 1.807) is 18.3 Å². The van der Waals surface area contributed by atoms with Gasteiger partial charge in [-0.1, -0.05) is 36.4 Å². The molecule has 22 heavy (non-hydrogen) atoms. The van der Waals surface area contributed by atoms with Crippen molar-refractivity contribution in [2.75, 3.05) is 6.61 Å². The van der Waals surface area contributed by atoms with Gasteiger partial charge in [0.25, 0.3) is 0 Å². The number of hydrogen-bond acceptors (Lipinski definition) is 5. The standard InChI is InChI=1S/C17H16N2O2S/c1-2-21-17(20)14(11-18)12-19-16(15-9-6-10-22-15)13-7-4-3-5-8-13/h3-10,12,14,16H,2H2,1H3/t14-,16+/m1/s1. The Morgan fingerprint density at radius 2 is 2.14 bits per heavy atom. The second-order valence-electron chi connectivity index (χ2n) is 4.49. The summed E-state index contributed by atoms with van der Waals surface area (Å²) < 4.78 is 4.87. The van der Waals surface area contributed by atoms with Gasteiger partial charge in [0, 0.05) is 11.1 Å². The van der Waals surface area contributed by atoms with Crippen LogP contribution >= 0.6 is 11.3 Å². The van der Waals surface area contributed by atoms with Crippen LogP contribution < -0.4 is 0 Å². The van der Waals surface area contributed by atoms with Crippen LogP contribution in [0.25, 0.3) is 0 Å². The average Bonchev–Trinajstić information content (AvgIpc) is 3.07. The molecule has 1 aromatic carbocycles. The monoisotopic (exact) mass is 312 g/mol. The largest absolute Gasteiger partial charge is 0.465 e. The summed E-state index contributed by atoms with van der Waals surface area (Å²) in [6.07, 6.45) is 1.38. The number of ether oxygens (including phenoxy) is 1. The summed E-state index contributed by atoms with van der Waals surface area (Å²) in [5.74, 6) is -1.54. The number of hydrogen-bond donors (Lipinski definition) is 0. The zero-order chi connectivity index (χ0) is 15.8. The number of thiophene rings is 1. The molecule has 1 heterocycles. The maximum Gasteiger partial charge on any atom is 0.328 e. The molecule has 1 aromatic heterocycles. The summed E-state index contributed by atoms with van der Waals surface area (Å²) in [5, 5.41) is 11.1. The fraction of sp³-hybridized carbons (Fsp3) is 0.235. The van der Waals surface area contributed by atoms with E-state index in [1.807, 2.05) is 53.9 Å². The van der Waals surface area contributed by atoms with Gasteiger partial charge in [-0.15, -0.1) is 11.3 Å². The van der Waals surface area contributed by atoms with Crippen molar-refractivity contribution < 1.29 is 9.53 Å². The lowest BCUT2D eigenvalue weighted by Crippen LogP contribution is -2.17. The van der Waals surface area contributed by atoms with Crippen LogP contribution in [0.3, 0.4) is 0 Å². The minimum absolute atomic E-state index is 0.216. The number of rotatable bonds is 6. The fourth-order valence-electron chi connectivity index (χ4n) is 1.96. The van der Waals surface area contributed by atoms with E-state index in [0.717, 1.165) is 10.4 Å². The third-order valence-electron chi connectivity index (χ3n) is 2.99. The van der Waals surface area contributed by atoms with E-state index in [-0.39, 0.29) is 12.6 Å². The van der Waals surface area contributed by atoms with Gasteiger partial charge in [0.05, 0.1) is 12.7 Å². The minimum Gasteiger partial charge on any atom is -0.465 e. The molecule has 112 valence electrons. The minimum atomic E-state index is -0.980. The maximum absolute atomic E-state index is 11.7. The molecule has 0 aliphatic rings. The Labute approximate surface area is 133 Å². The van der Waals surface area contributed by atoms with Crippen LogP contribution in [0.2, 0.25) is 0 Å². The highest BCUT2D eigenvalue weighted by Crippen LogP contribution is 2.29. The van der Waals surface area contributed by atoms with Gasteiger partial charge < -0.3 is 4.74 Å². The van der Waals surface area contributed by atoms with E-state index >= 15 is 0 Å². The van der Waals surface area contributed by atoms with E-state index in [0.29, 0.717) is 0 Å². The molecule has 0 unspecified atom stereocenters. The lowest BCUT2D eigenvalue weighted by atomic mass is 10.1. The quantitative estimate of drug-likeness (QED) is 0.604. The van der Waals surface area contributed by atoms with Crippen LogP contribution in [0.1, 0.15) is 23.4 Å². The zero-order valence-electron chi connectivity index (χ0n) is 12.2. The second-order valence-corrected chi connectivity index (χ2v) is 5.46. The van der Waals surface area contributed by atoms with Gasteiger partial charge in [0.2, 0.25) is 0 Å². The molecular formula is C17H16N2O2S. The summed E-state index contributed by atoms with van der Waals surface area (Å²) in [7, 11) is 0. The lowest BCUT2D eigenvalue weighted by molar-refractivity contribution is -0.143. The van der Waals surface area contributed by atoms with Crippen molar-refractivity contribution in [1.29, 1.82) is 5.26 Å². The molecule has 0 fully saturated rings. The van der Waals surface area contributed by atoms with Crippen LogP contribution in [-0.2, 0) is 9.53 Å². The molecule has 0 N–H and O–H groups in total. The summed E-state index contributed by atoms with van der Waals surface area (Å²) in [6, 6.07) is 15.4. The van der Waals surface area contributed by atoms with E-state index in [9.17, 15) is 4.79 Å². The van der Waals surface area contributed by atoms with Crippen molar-refractivity contribution >= 4 is 23.5 Å². The van der Waals surface area contributed by atoms with Crippen LogP contribution in [0.15, 0.2) is 52.8 Å². The van der Waals surface area contributed by atoms with Gasteiger partial charge in [-0.25, -0.2) is 0 Å². The Balaban J connectivity index is 2.26. The highest BCUT2D eigenvalue weighted by molar-refractivity contribution is 7.10. The summed E-state index contributed by atoms with van der Waals surface area (Å²) in [5.41, 5.74) is 1.02. The molecule has 2 aromatic rings. The van der Waals surface area contributed by atoms with E-state index in [4.69, 9.17) is 10.00 Å². The van der Waals surface area contributed by atoms with Crippen LogP contribution in [0, 0.1) is 17.2 Å². The first-order valence-corrected chi connectivity index (χ1v) is 7.82. The van der Waals surface area contributed by atoms with Gasteiger partial charge in [-0.05, 0) is 23.9 Å². The Kier molecular flexibility index (Phi) is 5.87. The Morgan fingerprint density at radius 1 is 1.36 bits per heavy atom. The van der Waals surface area contributed by atoms with E-state index < -0.39 is 11.9 Å². The highest BCUT2D eigenvalue weighted by Gasteiger charge is 2.19. The molecule has 5 heteroatoms. The van der Waals surface area contributed by atoms with Crippen molar-refractivity contribution in [3.05, 3.63) is 58.3 Å². The predicted octanol–water partition coefficient (Wildman–Crippen LogP) is 3.61. The topological polar surface area (TPSA) is 62.5 Å². The molecule has 4 nitrogen and oxygen atoms in total. The Hall–Kier alpha value is -2.45. The smallest absolute Gasteiger partial charge is 0.328 e. The van der Waals surface area contributed by atoms with Crippen LogP contribution in [0.4, 0.5) is 0 Å². The zero-order valence-corrected chi connectivity index (χ0v) is 13.0. The molecular weight excluding hydrogens is 296 g/mol. The number of carbonyl (C=O) groups excluding carboxylic acids is 1. The number of aliphatic imine (C=N–C) groups is 1. The molecule has 2 atom stereocenters. The van der Waals surface area contributed by atoms with Crippen molar-refractivity contribution in [1.82, 2.24) is 0 Å². The van der Waals surface area contributed by atoms with Gasteiger partial charge in [-0.2, -0.15) is 5.26 Å². The molecule has 0 bridgehead atoms. The van der Waals surface area contributed by atoms with Gasteiger partial charge >= 0.3 is 5.97 Å². The number of esters is 1.